The lowest BCUT2D eigenvalue weighted by molar-refractivity contribution is -0.150. The number of Topliss-reactive ketones (excluding diaryl/α,β-unsaturated/α-hetero) is 1. The minimum absolute atomic E-state index is 0.192. The number of rotatable bonds is 4. The Morgan fingerprint density at radius 1 is 1.42 bits per heavy atom. The second-order valence-corrected chi connectivity index (χ2v) is 7.03. The quantitative estimate of drug-likeness (QED) is 0.793. The van der Waals surface area contributed by atoms with E-state index in [9.17, 15) is 19.6 Å². The largest absolute Gasteiger partial charge is 0.468 e. The van der Waals surface area contributed by atoms with Crippen molar-refractivity contribution < 1.29 is 19.1 Å². The van der Waals surface area contributed by atoms with Crippen molar-refractivity contribution >= 4 is 29.0 Å². The molecule has 7 nitrogen and oxygen atoms in total. The van der Waals surface area contributed by atoms with Crippen molar-refractivity contribution in [1.82, 2.24) is 4.90 Å². The first-order chi connectivity index (χ1) is 12.4. The van der Waals surface area contributed by atoms with E-state index in [1.54, 1.807) is 33.9 Å². The van der Waals surface area contributed by atoms with Crippen LogP contribution < -0.4 is 5.73 Å². The molecule has 0 aliphatic carbocycles. The number of esters is 1. The standard InChI is InChI=1S/C18H17N3O4S/c1-10(22)11-3-4-13-18(9-19,17(24)25-2)14(12-5-6-26-8-12)15(16(20)23)21(13)7-11/h3-8,13-15H,1-2H3,(H2,20,23)/t13-,14-,15-,18+/m1/s1. The molecule has 0 bridgehead atoms. The molecule has 0 unspecified atom stereocenters. The molecule has 4 atom stereocenters. The molecule has 1 amide bonds. The lowest BCUT2D eigenvalue weighted by atomic mass is 9.69. The summed E-state index contributed by atoms with van der Waals surface area (Å²) in [6.45, 7) is 1.40. The zero-order valence-electron chi connectivity index (χ0n) is 14.2. The van der Waals surface area contributed by atoms with Gasteiger partial charge >= 0.3 is 5.97 Å². The number of amides is 1. The molecule has 2 aliphatic heterocycles. The van der Waals surface area contributed by atoms with Gasteiger partial charge in [0.25, 0.3) is 0 Å². The van der Waals surface area contributed by atoms with Crippen LogP contribution in [0.1, 0.15) is 18.4 Å². The van der Waals surface area contributed by atoms with E-state index in [-0.39, 0.29) is 5.78 Å². The highest BCUT2D eigenvalue weighted by Gasteiger charge is 2.66. The van der Waals surface area contributed by atoms with Gasteiger partial charge in [-0.25, -0.2) is 0 Å². The van der Waals surface area contributed by atoms with Gasteiger partial charge in [-0.1, -0.05) is 12.2 Å². The van der Waals surface area contributed by atoms with Crippen LogP contribution in [0.2, 0.25) is 0 Å². The number of primary amides is 1. The third-order valence-electron chi connectivity index (χ3n) is 4.97. The molecule has 2 aliphatic rings. The number of hydrogen-bond donors (Lipinski definition) is 1. The van der Waals surface area contributed by atoms with Gasteiger partial charge < -0.3 is 15.4 Å². The number of nitrogens with zero attached hydrogens (tertiary/aromatic N) is 2. The monoisotopic (exact) mass is 371 g/mol. The van der Waals surface area contributed by atoms with E-state index < -0.39 is 35.3 Å². The van der Waals surface area contributed by atoms with Crippen LogP contribution in [0.5, 0.6) is 0 Å². The molecule has 0 spiro atoms. The fourth-order valence-corrected chi connectivity index (χ4v) is 4.53. The molecular weight excluding hydrogens is 354 g/mol. The molecule has 0 saturated carbocycles. The van der Waals surface area contributed by atoms with Crippen LogP contribution in [0.15, 0.2) is 40.8 Å². The van der Waals surface area contributed by atoms with Crippen molar-refractivity contribution in [2.45, 2.75) is 24.9 Å². The molecule has 0 aromatic carbocycles. The number of carbonyl (C=O) groups excluding carboxylic acids is 3. The summed E-state index contributed by atoms with van der Waals surface area (Å²) in [5.74, 6) is -2.43. The highest BCUT2D eigenvalue weighted by atomic mass is 32.1. The molecule has 1 aromatic rings. The summed E-state index contributed by atoms with van der Waals surface area (Å²) >= 11 is 1.39. The van der Waals surface area contributed by atoms with Crippen molar-refractivity contribution in [2.75, 3.05) is 7.11 Å². The molecular formula is C18H17N3O4S. The third-order valence-corrected chi connectivity index (χ3v) is 5.67. The van der Waals surface area contributed by atoms with Crippen molar-refractivity contribution in [3.8, 4) is 6.07 Å². The predicted molar refractivity (Wildman–Crippen MR) is 93.6 cm³/mol. The number of hydrogen-bond acceptors (Lipinski definition) is 7. The first kappa shape index (κ1) is 17.9. The average Bonchev–Trinajstić information content (AvgIpc) is 3.24. The smallest absolute Gasteiger partial charge is 0.329 e. The van der Waals surface area contributed by atoms with Gasteiger partial charge in [0.1, 0.15) is 6.04 Å². The zero-order chi connectivity index (χ0) is 19.1. The second-order valence-electron chi connectivity index (χ2n) is 6.25. The first-order valence-electron chi connectivity index (χ1n) is 7.88. The molecule has 0 radical (unpaired) electrons. The highest BCUT2D eigenvalue weighted by molar-refractivity contribution is 7.08. The molecule has 2 N–H and O–H groups in total. The summed E-state index contributed by atoms with van der Waals surface area (Å²) in [6, 6.07) is 2.13. The van der Waals surface area contributed by atoms with Crippen LogP contribution in [0, 0.1) is 16.7 Å². The number of methoxy groups -OCH3 is 1. The maximum absolute atomic E-state index is 12.8. The fourth-order valence-electron chi connectivity index (χ4n) is 3.84. The van der Waals surface area contributed by atoms with Gasteiger partial charge in [0.05, 0.1) is 19.2 Å². The van der Waals surface area contributed by atoms with Crippen LogP contribution in [0.4, 0.5) is 0 Å². The van der Waals surface area contributed by atoms with E-state index in [1.165, 1.54) is 31.6 Å². The van der Waals surface area contributed by atoms with E-state index in [2.05, 4.69) is 6.07 Å². The van der Waals surface area contributed by atoms with Crippen LogP contribution >= 0.6 is 11.3 Å². The zero-order valence-corrected chi connectivity index (χ0v) is 15.0. The Bertz CT molecular complexity index is 867. The topological polar surface area (TPSA) is 113 Å². The molecule has 26 heavy (non-hydrogen) atoms. The predicted octanol–water partition coefficient (Wildman–Crippen LogP) is 1.10. The maximum atomic E-state index is 12.8. The van der Waals surface area contributed by atoms with E-state index in [1.807, 2.05) is 0 Å². The number of nitrogens with two attached hydrogens (primary N) is 1. The summed E-state index contributed by atoms with van der Waals surface area (Å²) in [6.07, 6.45) is 4.66. The van der Waals surface area contributed by atoms with Crippen LogP contribution in [0.25, 0.3) is 0 Å². The Balaban J connectivity index is 2.28. The number of nitriles is 1. The van der Waals surface area contributed by atoms with Crippen LogP contribution in [-0.2, 0) is 19.1 Å². The van der Waals surface area contributed by atoms with Crippen molar-refractivity contribution in [1.29, 1.82) is 5.26 Å². The third kappa shape index (κ3) is 2.35. The first-order valence-corrected chi connectivity index (χ1v) is 8.82. The van der Waals surface area contributed by atoms with Crippen molar-refractivity contribution in [3.63, 3.8) is 0 Å². The molecule has 3 heterocycles. The van der Waals surface area contributed by atoms with Crippen molar-refractivity contribution in [2.24, 2.45) is 11.1 Å². The molecule has 8 heteroatoms. The number of fused-ring (bicyclic) bond motifs is 1. The average molecular weight is 371 g/mol. The van der Waals surface area contributed by atoms with Gasteiger partial charge in [-0.3, -0.25) is 14.4 Å². The summed E-state index contributed by atoms with van der Waals surface area (Å²) in [4.78, 5) is 38.4. The van der Waals surface area contributed by atoms with Gasteiger partial charge in [0, 0.05) is 17.7 Å². The normalized spacial score (nSPS) is 29.5. The minimum Gasteiger partial charge on any atom is -0.468 e. The Labute approximate surface area is 154 Å². The Kier molecular flexibility index (Phi) is 4.42. The molecule has 1 aromatic heterocycles. The number of thiophene rings is 1. The summed E-state index contributed by atoms with van der Waals surface area (Å²) in [5.41, 5.74) is 5.03. The Morgan fingerprint density at radius 3 is 2.65 bits per heavy atom. The SMILES string of the molecule is COC(=O)[C@]1(C#N)[C@H](c2ccsc2)[C@H](C(N)=O)N2C=C(C(C)=O)C=C[C@@H]21. The molecule has 1 saturated heterocycles. The lowest BCUT2D eigenvalue weighted by Gasteiger charge is -2.32. The van der Waals surface area contributed by atoms with E-state index in [4.69, 9.17) is 10.5 Å². The van der Waals surface area contributed by atoms with Gasteiger partial charge in [0.2, 0.25) is 5.91 Å². The number of allylic oxidation sites excluding steroid dienone is 2. The summed E-state index contributed by atoms with van der Waals surface area (Å²) < 4.78 is 4.95. The molecule has 134 valence electrons. The lowest BCUT2D eigenvalue weighted by Crippen LogP contribution is -2.45. The van der Waals surface area contributed by atoms with E-state index >= 15 is 0 Å². The van der Waals surface area contributed by atoms with Gasteiger partial charge in [-0.05, 0) is 29.3 Å². The Morgan fingerprint density at radius 2 is 2.15 bits per heavy atom. The Hall–Kier alpha value is -2.92. The number of ether oxygens (including phenoxy) is 1. The number of carbonyl (C=O) groups is 3. The van der Waals surface area contributed by atoms with E-state index in [0.717, 1.165) is 0 Å². The molecule has 1 fully saturated rings. The summed E-state index contributed by atoms with van der Waals surface area (Å²) in [7, 11) is 1.21. The number of ketones is 1. The second kappa shape index (κ2) is 6.42. The molecule has 3 rings (SSSR count). The van der Waals surface area contributed by atoms with Gasteiger partial charge in [-0.2, -0.15) is 16.6 Å². The highest BCUT2D eigenvalue weighted by Crippen LogP contribution is 2.53. The minimum atomic E-state index is -1.66. The van der Waals surface area contributed by atoms with Crippen molar-refractivity contribution in [3.05, 3.63) is 46.3 Å². The van der Waals surface area contributed by atoms with Crippen LogP contribution in [-0.4, -0.2) is 41.8 Å². The van der Waals surface area contributed by atoms with Crippen LogP contribution in [0.3, 0.4) is 0 Å². The fraction of sp³-hybridized carbons (Fsp3) is 0.333. The van der Waals surface area contributed by atoms with E-state index in [0.29, 0.717) is 11.1 Å². The van der Waals surface area contributed by atoms with Gasteiger partial charge in [-0.15, -0.1) is 0 Å². The summed E-state index contributed by atoms with van der Waals surface area (Å²) in [5, 5.41) is 13.6. The van der Waals surface area contributed by atoms with Gasteiger partial charge in [0.15, 0.2) is 11.2 Å². The maximum Gasteiger partial charge on any atom is 0.329 e.